The van der Waals surface area contributed by atoms with Gasteiger partial charge in [0.05, 0.1) is 11.3 Å². The summed E-state index contributed by atoms with van der Waals surface area (Å²) in [6, 6.07) is 11.7. The number of hydrogen-bond acceptors (Lipinski definition) is 4. The Morgan fingerprint density at radius 2 is 1.80 bits per heavy atom. The molecule has 3 rings (SSSR count). The number of nitrogens with zero attached hydrogens (tertiary/aromatic N) is 3. The first-order valence-corrected chi connectivity index (χ1v) is 9.16. The minimum atomic E-state index is -4.58. The van der Waals surface area contributed by atoms with Crippen LogP contribution in [0.2, 0.25) is 0 Å². The number of aromatic nitrogens is 3. The monoisotopic (exact) mass is 418 g/mol. The Morgan fingerprint density at radius 1 is 1.10 bits per heavy atom. The molecule has 0 bridgehead atoms. The molecule has 6 nitrogen and oxygen atoms in total. The molecule has 0 saturated heterocycles. The van der Waals surface area contributed by atoms with E-state index in [9.17, 15) is 18.0 Å². The third kappa shape index (κ3) is 4.97. The van der Waals surface area contributed by atoms with Gasteiger partial charge in [-0.15, -0.1) is 0 Å². The van der Waals surface area contributed by atoms with Gasteiger partial charge in [-0.3, -0.25) is 4.79 Å². The SMILES string of the molecule is CC(C)(C)c1cc(NC(=O)COc2ccccc2C(F)(F)F)n(-c2ccccn2)n1. The van der Waals surface area contributed by atoms with Gasteiger partial charge in [0.15, 0.2) is 12.4 Å². The zero-order chi connectivity index (χ0) is 21.9. The maximum atomic E-state index is 13.1. The number of nitrogens with one attached hydrogen (secondary N) is 1. The van der Waals surface area contributed by atoms with E-state index in [1.165, 1.54) is 22.9 Å². The molecular weight excluding hydrogens is 397 g/mol. The van der Waals surface area contributed by atoms with Crippen LogP contribution in [0.1, 0.15) is 32.0 Å². The summed E-state index contributed by atoms with van der Waals surface area (Å²) in [5.41, 5.74) is -0.514. The molecule has 1 aromatic carbocycles. The van der Waals surface area contributed by atoms with Gasteiger partial charge in [-0.25, -0.2) is 4.98 Å². The van der Waals surface area contributed by atoms with Crippen LogP contribution in [0.25, 0.3) is 5.82 Å². The van der Waals surface area contributed by atoms with Crippen LogP contribution in [-0.4, -0.2) is 27.3 Å². The first kappa shape index (κ1) is 21.4. The fourth-order valence-electron chi connectivity index (χ4n) is 2.64. The first-order valence-electron chi connectivity index (χ1n) is 9.16. The summed E-state index contributed by atoms with van der Waals surface area (Å²) in [5, 5.41) is 7.16. The van der Waals surface area contributed by atoms with E-state index in [2.05, 4.69) is 15.4 Å². The van der Waals surface area contributed by atoms with Crippen molar-refractivity contribution < 1.29 is 22.7 Å². The fourth-order valence-corrected chi connectivity index (χ4v) is 2.64. The van der Waals surface area contributed by atoms with Gasteiger partial charge < -0.3 is 10.1 Å². The highest BCUT2D eigenvalue weighted by molar-refractivity contribution is 5.91. The van der Waals surface area contributed by atoms with Gasteiger partial charge in [-0.1, -0.05) is 39.0 Å². The summed E-state index contributed by atoms with van der Waals surface area (Å²) in [7, 11) is 0. The maximum Gasteiger partial charge on any atom is 0.419 e. The number of hydrogen-bond donors (Lipinski definition) is 1. The highest BCUT2D eigenvalue weighted by Gasteiger charge is 2.34. The van der Waals surface area contributed by atoms with E-state index >= 15 is 0 Å². The molecule has 2 heterocycles. The number of rotatable bonds is 5. The van der Waals surface area contributed by atoms with Crippen molar-refractivity contribution in [1.82, 2.24) is 14.8 Å². The van der Waals surface area contributed by atoms with Crippen molar-refractivity contribution in [3.8, 4) is 11.6 Å². The summed E-state index contributed by atoms with van der Waals surface area (Å²) >= 11 is 0. The van der Waals surface area contributed by atoms with E-state index in [1.807, 2.05) is 20.8 Å². The lowest BCUT2D eigenvalue weighted by atomic mass is 9.92. The molecule has 1 N–H and O–H groups in total. The van der Waals surface area contributed by atoms with E-state index < -0.39 is 30.0 Å². The largest absolute Gasteiger partial charge is 0.483 e. The van der Waals surface area contributed by atoms with Crippen LogP contribution >= 0.6 is 0 Å². The number of para-hydroxylation sites is 1. The predicted molar refractivity (Wildman–Crippen MR) is 106 cm³/mol. The van der Waals surface area contributed by atoms with Crippen LogP contribution in [0, 0.1) is 0 Å². The molecule has 0 aliphatic carbocycles. The molecule has 0 fully saturated rings. The van der Waals surface area contributed by atoms with Gasteiger partial charge in [-0.05, 0) is 24.3 Å². The second kappa shape index (κ2) is 8.17. The zero-order valence-corrected chi connectivity index (χ0v) is 16.7. The summed E-state index contributed by atoms with van der Waals surface area (Å²) in [6.07, 6.45) is -2.98. The van der Waals surface area contributed by atoms with Crippen molar-refractivity contribution in [2.24, 2.45) is 0 Å². The molecule has 3 aromatic rings. The molecule has 2 aromatic heterocycles. The van der Waals surface area contributed by atoms with E-state index in [1.54, 1.807) is 30.5 Å². The molecular formula is C21H21F3N4O2. The van der Waals surface area contributed by atoms with E-state index in [0.717, 1.165) is 6.07 Å². The van der Waals surface area contributed by atoms with E-state index in [-0.39, 0.29) is 5.41 Å². The van der Waals surface area contributed by atoms with E-state index in [0.29, 0.717) is 17.3 Å². The Labute approximate surface area is 171 Å². The lowest BCUT2D eigenvalue weighted by molar-refractivity contribution is -0.139. The smallest absolute Gasteiger partial charge is 0.419 e. The molecule has 0 aliphatic heterocycles. The molecule has 0 unspecified atom stereocenters. The number of halogens is 3. The third-order valence-electron chi connectivity index (χ3n) is 4.16. The summed E-state index contributed by atoms with van der Waals surface area (Å²) in [6.45, 7) is 5.33. The molecule has 9 heteroatoms. The molecule has 0 radical (unpaired) electrons. The Hall–Kier alpha value is -3.36. The molecule has 0 spiro atoms. The highest BCUT2D eigenvalue weighted by atomic mass is 19.4. The lowest BCUT2D eigenvalue weighted by Gasteiger charge is -2.13. The van der Waals surface area contributed by atoms with Crippen LogP contribution in [0.15, 0.2) is 54.7 Å². The zero-order valence-electron chi connectivity index (χ0n) is 16.7. The van der Waals surface area contributed by atoms with Crippen molar-refractivity contribution in [2.75, 3.05) is 11.9 Å². The maximum absolute atomic E-state index is 13.1. The first-order chi connectivity index (χ1) is 14.1. The molecule has 158 valence electrons. The quantitative estimate of drug-likeness (QED) is 0.658. The van der Waals surface area contributed by atoms with Gasteiger partial charge in [0.25, 0.3) is 5.91 Å². The van der Waals surface area contributed by atoms with Crippen LogP contribution in [0.3, 0.4) is 0 Å². The lowest BCUT2D eigenvalue weighted by Crippen LogP contribution is -2.23. The van der Waals surface area contributed by atoms with Crippen LogP contribution in [-0.2, 0) is 16.4 Å². The molecule has 0 aliphatic rings. The summed E-state index contributed by atoms with van der Waals surface area (Å²) in [4.78, 5) is 16.6. The summed E-state index contributed by atoms with van der Waals surface area (Å²) in [5.74, 6) is -0.193. The van der Waals surface area contributed by atoms with E-state index in [4.69, 9.17) is 4.74 Å². The second-order valence-corrected chi connectivity index (χ2v) is 7.60. The third-order valence-corrected chi connectivity index (χ3v) is 4.16. The molecule has 0 atom stereocenters. The Morgan fingerprint density at radius 3 is 2.43 bits per heavy atom. The van der Waals surface area contributed by atoms with Gasteiger partial charge in [-0.2, -0.15) is 23.0 Å². The number of ether oxygens (including phenoxy) is 1. The topological polar surface area (TPSA) is 69.0 Å². The average Bonchev–Trinajstić information content (AvgIpc) is 3.11. The molecule has 1 amide bonds. The number of carbonyl (C=O) groups excluding carboxylic acids is 1. The van der Waals surface area contributed by atoms with Crippen molar-refractivity contribution in [2.45, 2.75) is 32.4 Å². The van der Waals surface area contributed by atoms with Gasteiger partial charge >= 0.3 is 6.18 Å². The summed E-state index contributed by atoms with van der Waals surface area (Å²) < 4.78 is 45.8. The number of anilines is 1. The van der Waals surface area contributed by atoms with Crippen LogP contribution < -0.4 is 10.1 Å². The highest BCUT2D eigenvalue weighted by Crippen LogP contribution is 2.35. The number of benzene rings is 1. The second-order valence-electron chi connectivity index (χ2n) is 7.60. The van der Waals surface area contributed by atoms with Gasteiger partial charge in [0, 0.05) is 17.7 Å². The molecule has 0 saturated carbocycles. The van der Waals surface area contributed by atoms with Gasteiger partial charge in [0.2, 0.25) is 0 Å². The molecule has 30 heavy (non-hydrogen) atoms. The Kier molecular flexibility index (Phi) is 5.82. The van der Waals surface area contributed by atoms with Crippen molar-refractivity contribution in [3.63, 3.8) is 0 Å². The van der Waals surface area contributed by atoms with Crippen molar-refractivity contribution in [3.05, 3.63) is 66.0 Å². The number of carbonyl (C=O) groups is 1. The van der Waals surface area contributed by atoms with Crippen LogP contribution in [0.4, 0.5) is 19.0 Å². The number of amides is 1. The normalized spacial score (nSPS) is 11.9. The minimum Gasteiger partial charge on any atom is -0.483 e. The number of pyridine rings is 1. The van der Waals surface area contributed by atoms with Crippen molar-refractivity contribution in [1.29, 1.82) is 0 Å². The van der Waals surface area contributed by atoms with Crippen LogP contribution in [0.5, 0.6) is 5.75 Å². The van der Waals surface area contributed by atoms with Crippen molar-refractivity contribution >= 4 is 11.7 Å². The number of alkyl halides is 3. The Bertz CT molecular complexity index is 1020. The predicted octanol–water partition coefficient (Wildman–Crippen LogP) is 4.60. The Balaban J connectivity index is 1.80. The average molecular weight is 418 g/mol. The fraction of sp³-hybridized carbons (Fsp3) is 0.286. The minimum absolute atomic E-state index is 0.290. The van der Waals surface area contributed by atoms with Gasteiger partial charge in [0.1, 0.15) is 11.6 Å². The standard InChI is InChI=1S/C21H21F3N4O2/c1-20(2,3)16-12-18(28(27-16)17-10-6-7-11-25-17)26-19(29)13-30-15-9-5-4-8-14(15)21(22,23)24/h4-12H,13H2,1-3H3,(H,26,29).